The third-order valence-electron chi connectivity index (χ3n) is 2.63. The number of amides is 1. The maximum Gasteiger partial charge on any atom is 0.411 e. The molecule has 0 bridgehead atoms. The summed E-state index contributed by atoms with van der Waals surface area (Å²) in [6.45, 7) is 2.41. The summed E-state index contributed by atoms with van der Waals surface area (Å²) < 4.78 is 9.50. The number of anilines is 1. The van der Waals surface area contributed by atoms with Crippen molar-refractivity contribution in [2.75, 3.05) is 19.0 Å². The van der Waals surface area contributed by atoms with Gasteiger partial charge in [-0.2, -0.15) is 0 Å². The molecule has 1 aromatic carbocycles. The standard InChI is InChI=1S/C14H19NO5/c1-3-4-5-8-20-14(18)15-10-6-7-12(16)11(9-10)13(17)19-2/h6-7,9,16H,3-5,8H2,1-2H3,(H,15,18). The number of unbranched alkanes of at least 4 members (excludes halogenated alkanes) is 2. The van der Waals surface area contributed by atoms with E-state index in [-0.39, 0.29) is 11.3 Å². The minimum Gasteiger partial charge on any atom is -0.507 e. The zero-order chi connectivity index (χ0) is 15.0. The fourth-order valence-electron chi connectivity index (χ4n) is 1.56. The molecule has 0 saturated heterocycles. The van der Waals surface area contributed by atoms with Crippen LogP contribution in [0, 0.1) is 0 Å². The number of nitrogens with one attached hydrogen (secondary N) is 1. The van der Waals surface area contributed by atoms with Crippen molar-refractivity contribution in [3.05, 3.63) is 23.8 Å². The first-order valence-corrected chi connectivity index (χ1v) is 6.43. The Bertz CT molecular complexity index is 473. The lowest BCUT2D eigenvalue weighted by Gasteiger charge is -2.09. The summed E-state index contributed by atoms with van der Waals surface area (Å²) in [5.41, 5.74) is 0.333. The SMILES string of the molecule is CCCCCOC(=O)Nc1ccc(O)c(C(=O)OC)c1. The van der Waals surface area contributed by atoms with E-state index in [9.17, 15) is 14.7 Å². The quantitative estimate of drug-likeness (QED) is 0.476. The molecule has 20 heavy (non-hydrogen) atoms. The van der Waals surface area contributed by atoms with Gasteiger partial charge in [-0.05, 0) is 24.6 Å². The Balaban J connectivity index is 2.59. The molecule has 0 spiro atoms. The Hall–Kier alpha value is -2.24. The highest BCUT2D eigenvalue weighted by Gasteiger charge is 2.13. The summed E-state index contributed by atoms with van der Waals surface area (Å²) in [5.74, 6) is -0.888. The number of methoxy groups -OCH3 is 1. The maximum atomic E-state index is 11.5. The molecule has 0 atom stereocenters. The summed E-state index contributed by atoms with van der Waals surface area (Å²) in [6, 6.07) is 4.10. The molecular weight excluding hydrogens is 262 g/mol. The van der Waals surface area contributed by atoms with Crippen LogP contribution in [-0.2, 0) is 9.47 Å². The molecule has 6 nitrogen and oxygen atoms in total. The maximum absolute atomic E-state index is 11.5. The molecule has 0 aromatic heterocycles. The number of benzene rings is 1. The number of aromatic hydroxyl groups is 1. The van der Waals surface area contributed by atoms with Gasteiger partial charge in [0.25, 0.3) is 0 Å². The summed E-state index contributed by atoms with van der Waals surface area (Å²) in [6.07, 6.45) is 2.26. The highest BCUT2D eigenvalue weighted by molar-refractivity contribution is 5.95. The largest absolute Gasteiger partial charge is 0.507 e. The second-order valence-corrected chi connectivity index (χ2v) is 4.19. The van der Waals surface area contributed by atoms with Gasteiger partial charge in [-0.25, -0.2) is 9.59 Å². The molecular formula is C14H19NO5. The normalized spacial score (nSPS) is 9.90. The second-order valence-electron chi connectivity index (χ2n) is 4.19. The lowest BCUT2D eigenvalue weighted by molar-refractivity contribution is 0.0597. The van der Waals surface area contributed by atoms with Crippen LogP contribution in [0.25, 0.3) is 0 Å². The summed E-state index contributed by atoms with van der Waals surface area (Å²) >= 11 is 0. The summed E-state index contributed by atoms with van der Waals surface area (Å²) in [5, 5.41) is 12.0. The van der Waals surface area contributed by atoms with Gasteiger partial charge in [0.05, 0.1) is 13.7 Å². The van der Waals surface area contributed by atoms with Crippen LogP contribution in [0.2, 0.25) is 0 Å². The number of ether oxygens (including phenoxy) is 2. The monoisotopic (exact) mass is 281 g/mol. The lowest BCUT2D eigenvalue weighted by Crippen LogP contribution is -2.15. The van der Waals surface area contributed by atoms with Crippen molar-refractivity contribution in [3.63, 3.8) is 0 Å². The van der Waals surface area contributed by atoms with E-state index in [1.54, 1.807) is 0 Å². The highest BCUT2D eigenvalue weighted by Crippen LogP contribution is 2.22. The first kappa shape index (κ1) is 15.8. The lowest BCUT2D eigenvalue weighted by atomic mass is 10.2. The van der Waals surface area contributed by atoms with Crippen molar-refractivity contribution in [2.24, 2.45) is 0 Å². The summed E-state index contributed by atoms with van der Waals surface area (Å²) in [4.78, 5) is 22.9. The van der Waals surface area contributed by atoms with Crippen molar-refractivity contribution in [1.82, 2.24) is 0 Å². The minimum absolute atomic E-state index is 0.0173. The number of esters is 1. The van der Waals surface area contributed by atoms with Gasteiger partial charge < -0.3 is 14.6 Å². The number of phenolic OH excluding ortho intramolecular Hbond substituents is 1. The van der Waals surface area contributed by atoms with Crippen LogP contribution in [0.15, 0.2) is 18.2 Å². The number of hydrogen-bond donors (Lipinski definition) is 2. The second kappa shape index (κ2) is 8.04. The van der Waals surface area contributed by atoms with Crippen LogP contribution in [-0.4, -0.2) is 30.9 Å². The van der Waals surface area contributed by atoms with Crippen molar-refractivity contribution >= 4 is 17.7 Å². The van der Waals surface area contributed by atoms with Gasteiger partial charge >= 0.3 is 12.1 Å². The molecule has 1 rings (SSSR count). The predicted octanol–water partition coefficient (Wildman–Crippen LogP) is 2.92. The average molecular weight is 281 g/mol. The third-order valence-corrected chi connectivity index (χ3v) is 2.63. The van der Waals surface area contributed by atoms with Gasteiger partial charge in [-0.1, -0.05) is 19.8 Å². The van der Waals surface area contributed by atoms with Crippen LogP contribution < -0.4 is 5.32 Å². The molecule has 0 aliphatic rings. The van der Waals surface area contributed by atoms with E-state index in [2.05, 4.69) is 17.0 Å². The fourth-order valence-corrected chi connectivity index (χ4v) is 1.56. The van der Waals surface area contributed by atoms with E-state index in [0.29, 0.717) is 12.3 Å². The number of carbonyl (C=O) groups excluding carboxylic acids is 2. The Kier molecular flexibility index (Phi) is 6.36. The van der Waals surface area contributed by atoms with Crippen molar-refractivity contribution in [2.45, 2.75) is 26.2 Å². The third kappa shape index (κ3) is 4.79. The predicted molar refractivity (Wildman–Crippen MR) is 73.9 cm³/mol. The van der Waals surface area contributed by atoms with E-state index in [0.717, 1.165) is 19.3 Å². The van der Waals surface area contributed by atoms with Crippen molar-refractivity contribution in [1.29, 1.82) is 0 Å². The Morgan fingerprint density at radius 1 is 1.30 bits per heavy atom. The number of carbonyl (C=O) groups is 2. The molecule has 0 heterocycles. The van der Waals surface area contributed by atoms with Crippen LogP contribution in [0.4, 0.5) is 10.5 Å². The molecule has 0 fully saturated rings. The van der Waals surface area contributed by atoms with E-state index >= 15 is 0 Å². The Labute approximate surface area is 117 Å². The topological polar surface area (TPSA) is 84.9 Å². The van der Waals surface area contributed by atoms with Gasteiger partial charge in [0.1, 0.15) is 11.3 Å². The van der Waals surface area contributed by atoms with E-state index in [1.165, 1.54) is 25.3 Å². The molecule has 1 aromatic rings. The molecule has 0 unspecified atom stereocenters. The van der Waals surface area contributed by atoms with Crippen molar-refractivity contribution < 1.29 is 24.2 Å². The number of rotatable bonds is 6. The van der Waals surface area contributed by atoms with Crippen LogP contribution >= 0.6 is 0 Å². The molecule has 0 saturated carbocycles. The Morgan fingerprint density at radius 2 is 2.05 bits per heavy atom. The van der Waals surface area contributed by atoms with Crippen LogP contribution in [0.1, 0.15) is 36.5 Å². The first-order chi connectivity index (χ1) is 9.58. The molecule has 0 aliphatic carbocycles. The zero-order valence-electron chi connectivity index (χ0n) is 11.6. The molecule has 0 radical (unpaired) electrons. The van der Waals surface area contributed by atoms with Gasteiger partial charge in [0, 0.05) is 5.69 Å². The molecule has 6 heteroatoms. The fraction of sp³-hybridized carbons (Fsp3) is 0.429. The van der Waals surface area contributed by atoms with Gasteiger partial charge in [-0.3, -0.25) is 5.32 Å². The minimum atomic E-state index is -0.678. The summed E-state index contributed by atoms with van der Waals surface area (Å²) in [7, 11) is 1.21. The highest BCUT2D eigenvalue weighted by atomic mass is 16.5. The molecule has 1 amide bonds. The first-order valence-electron chi connectivity index (χ1n) is 6.43. The van der Waals surface area contributed by atoms with E-state index < -0.39 is 12.1 Å². The van der Waals surface area contributed by atoms with E-state index in [1.807, 2.05) is 0 Å². The zero-order valence-corrected chi connectivity index (χ0v) is 11.6. The van der Waals surface area contributed by atoms with E-state index in [4.69, 9.17) is 4.74 Å². The Morgan fingerprint density at radius 3 is 2.70 bits per heavy atom. The van der Waals surface area contributed by atoms with Gasteiger partial charge in [-0.15, -0.1) is 0 Å². The smallest absolute Gasteiger partial charge is 0.411 e. The molecule has 0 aliphatic heterocycles. The van der Waals surface area contributed by atoms with Crippen LogP contribution in [0.3, 0.4) is 0 Å². The molecule has 110 valence electrons. The van der Waals surface area contributed by atoms with Gasteiger partial charge in [0.15, 0.2) is 0 Å². The average Bonchev–Trinajstić information content (AvgIpc) is 2.45. The number of phenols is 1. The molecule has 2 N–H and O–H groups in total. The van der Waals surface area contributed by atoms with Crippen LogP contribution in [0.5, 0.6) is 5.75 Å². The van der Waals surface area contributed by atoms with Gasteiger partial charge in [0.2, 0.25) is 0 Å². The number of hydrogen-bond acceptors (Lipinski definition) is 5. The van der Waals surface area contributed by atoms with Crippen molar-refractivity contribution in [3.8, 4) is 5.75 Å².